The van der Waals surface area contributed by atoms with Crippen LogP contribution in [0.25, 0.3) is 22.4 Å². The van der Waals surface area contributed by atoms with Gasteiger partial charge in [0, 0.05) is 16.2 Å². The van der Waals surface area contributed by atoms with Crippen LogP contribution >= 0.6 is 15.9 Å². The highest BCUT2D eigenvalue weighted by molar-refractivity contribution is 9.10. The first kappa shape index (κ1) is 16.4. The van der Waals surface area contributed by atoms with Gasteiger partial charge in [-0.25, -0.2) is 0 Å². The predicted octanol–water partition coefficient (Wildman–Crippen LogP) is 5.96. The molecule has 4 nitrogen and oxygen atoms in total. The quantitative estimate of drug-likeness (QED) is 0.367. The van der Waals surface area contributed by atoms with Crippen LogP contribution in [0, 0.1) is 0 Å². The topological polar surface area (TPSA) is 60.9 Å². The monoisotopic (exact) mass is 405 g/mol. The summed E-state index contributed by atoms with van der Waals surface area (Å²) in [6, 6.07) is 25.5. The number of nitrogens with one attached hydrogen (secondary N) is 2. The molecule has 0 aliphatic rings. The van der Waals surface area contributed by atoms with Gasteiger partial charge in [-0.1, -0.05) is 52.3 Å². The molecule has 0 unspecified atom stereocenters. The van der Waals surface area contributed by atoms with E-state index in [4.69, 9.17) is 0 Å². The second-order valence-corrected chi connectivity index (χ2v) is 6.84. The van der Waals surface area contributed by atoms with Gasteiger partial charge in [0.05, 0.1) is 5.69 Å². The molecule has 0 aliphatic carbocycles. The van der Waals surface area contributed by atoms with E-state index in [1.54, 1.807) is 24.3 Å². The lowest BCUT2D eigenvalue weighted by molar-refractivity contribution is 0.475. The predicted molar refractivity (Wildman–Crippen MR) is 109 cm³/mol. The molecule has 0 saturated heterocycles. The Kier molecular flexibility index (Phi) is 4.46. The van der Waals surface area contributed by atoms with E-state index in [0.717, 1.165) is 27.2 Å². The molecule has 0 fully saturated rings. The molecule has 0 atom stereocenters. The van der Waals surface area contributed by atoms with E-state index in [-0.39, 0.29) is 5.75 Å². The Hall–Kier alpha value is -3.05. The number of aromatic nitrogens is 2. The molecular formula is C21H16BrN3O. The zero-order valence-electron chi connectivity index (χ0n) is 13.8. The van der Waals surface area contributed by atoms with Crippen molar-refractivity contribution in [1.82, 2.24) is 10.2 Å². The number of phenolic OH excluding ortho intramolecular Hbond substituents is 1. The molecule has 1 heterocycles. The minimum Gasteiger partial charge on any atom is -0.508 e. The molecule has 128 valence electrons. The van der Waals surface area contributed by atoms with Crippen molar-refractivity contribution in [2.75, 3.05) is 5.32 Å². The summed E-state index contributed by atoms with van der Waals surface area (Å²) in [5.74, 6) is 0.965. The molecule has 1 aromatic heterocycles. The van der Waals surface area contributed by atoms with Crippen LogP contribution in [0.5, 0.6) is 5.75 Å². The summed E-state index contributed by atoms with van der Waals surface area (Å²) in [5, 5.41) is 19.9. The Morgan fingerprint density at radius 3 is 2.00 bits per heavy atom. The standard InChI is InChI=1S/C21H16BrN3O/c22-17-7-5-15(6-8-17)14-1-3-16(4-2-14)20-13-21(25-24-20)23-18-9-11-19(26)12-10-18/h1-13,26H,(H2,23,24,25). The van der Waals surface area contributed by atoms with E-state index in [1.165, 1.54) is 11.1 Å². The molecule has 0 radical (unpaired) electrons. The first-order chi connectivity index (χ1) is 12.7. The van der Waals surface area contributed by atoms with Gasteiger partial charge in [-0.2, -0.15) is 5.10 Å². The number of rotatable bonds is 4. The maximum Gasteiger partial charge on any atom is 0.152 e. The average Bonchev–Trinajstić information content (AvgIpc) is 3.13. The molecule has 0 amide bonds. The molecule has 4 rings (SSSR count). The molecule has 5 heteroatoms. The van der Waals surface area contributed by atoms with E-state index >= 15 is 0 Å². The van der Waals surface area contributed by atoms with E-state index in [9.17, 15) is 5.11 Å². The Morgan fingerprint density at radius 2 is 1.35 bits per heavy atom. The van der Waals surface area contributed by atoms with E-state index < -0.39 is 0 Å². The van der Waals surface area contributed by atoms with E-state index in [0.29, 0.717) is 0 Å². The van der Waals surface area contributed by atoms with Gasteiger partial charge >= 0.3 is 0 Å². The fraction of sp³-hybridized carbons (Fsp3) is 0. The second-order valence-electron chi connectivity index (χ2n) is 5.92. The van der Waals surface area contributed by atoms with E-state index in [1.807, 2.05) is 18.2 Å². The summed E-state index contributed by atoms with van der Waals surface area (Å²) in [6.07, 6.45) is 0. The third kappa shape index (κ3) is 3.63. The van der Waals surface area contributed by atoms with Crippen LogP contribution in [0.1, 0.15) is 0 Å². The normalized spacial score (nSPS) is 10.7. The maximum atomic E-state index is 9.34. The van der Waals surface area contributed by atoms with Gasteiger partial charge in [0.25, 0.3) is 0 Å². The molecule has 0 saturated carbocycles. The van der Waals surface area contributed by atoms with Crippen LogP contribution in [0.2, 0.25) is 0 Å². The molecule has 0 spiro atoms. The van der Waals surface area contributed by atoms with Crippen molar-refractivity contribution in [3.63, 3.8) is 0 Å². The van der Waals surface area contributed by atoms with Crippen molar-refractivity contribution in [3.8, 4) is 28.1 Å². The van der Waals surface area contributed by atoms with Crippen LogP contribution in [-0.4, -0.2) is 15.3 Å². The average molecular weight is 406 g/mol. The molecule has 0 bridgehead atoms. The zero-order chi connectivity index (χ0) is 17.9. The molecule has 3 aromatic carbocycles. The summed E-state index contributed by atoms with van der Waals surface area (Å²) >= 11 is 3.46. The number of aromatic amines is 1. The summed E-state index contributed by atoms with van der Waals surface area (Å²) in [5.41, 5.74) is 5.22. The van der Waals surface area contributed by atoms with Crippen molar-refractivity contribution in [3.05, 3.63) is 83.3 Å². The Labute approximate surface area is 159 Å². The number of hydrogen-bond acceptors (Lipinski definition) is 3. The third-order valence-electron chi connectivity index (χ3n) is 4.09. The minimum absolute atomic E-state index is 0.240. The van der Waals surface area contributed by atoms with Crippen molar-refractivity contribution in [2.45, 2.75) is 0 Å². The number of hydrogen-bond donors (Lipinski definition) is 3. The van der Waals surface area contributed by atoms with Gasteiger partial charge in [-0.05, 0) is 53.1 Å². The largest absolute Gasteiger partial charge is 0.508 e. The maximum absolute atomic E-state index is 9.34. The first-order valence-corrected chi connectivity index (χ1v) is 8.94. The number of anilines is 2. The molecule has 3 N–H and O–H groups in total. The number of phenols is 1. The SMILES string of the molecule is Oc1ccc(Nc2cc(-c3ccc(-c4ccc(Br)cc4)cc3)[nH]n2)cc1. The molecule has 0 aliphatic heterocycles. The third-order valence-corrected chi connectivity index (χ3v) is 4.62. The highest BCUT2D eigenvalue weighted by Crippen LogP contribution is 2.27. The summed E-state index contributed by atoms with van der Waals surface area (Å²) in [6.45, 7) is 0. The van der Waals surface area contributed by atoms with Gasteiger partial charge in [-0.3, -0.25) is 5.10 Å². The summed E-state index contributed by atoms with van der Waals surface area (Å²) in [4.78, 5) is 0. The van der Waals surface area contributed by atoms with Crippen molar-refractivity contribution in [1.29, 1.82) is 0 Å². The van der Waals surface area contributed by atoms with Crippen LogP contribution in [0.3, 0.4) is 0 Å². The van der Waals surface area contributed by atoms with Gasteiger partial charge in [0.15, 0.2) is 5.82 Å². The minimum atomic E-state index is 0.240. The summed E-state index contributed by atoms with van der Waals surface area (Å²) < 4.78 is 1.07. The van der Waals surface area contributed by atoms with Gasteiger partial charge in [0.2, 0.25) is 0 Å². The first-order valence-electron chi connectivity index (χ1n) is 8.15. The lowest BCUT2D eigenvalue weighted by Crippen LogP contribution is -1.89. The Bertz CT molecular complexity index is 1010. The van der Waals surface area contributed by atoms with Gasteiger partial charge in [-0.15, -0.1) is 0 Å². The van der Waals surface area contributed by atoms with Crippen LogP contribution in [0.4, 0.5) is 11.5 Å². The van der Waals surface area contributed by atoms with Gasteiger partial charge < -0.3 is 10.4 Å². The number of halogens is 1. The number of benzene rings is 3. The molecule has 26 heavy (non-hydrogen) atoms. The number of aromatic hydroxyl groups is 1. The highest BCUT2D eigenvalue weighted by Gasteiger charge is 2.05. The lowest BCUT2D eigenvalue weighted by Gasteiger charge is -2.04. The van der Waals surface area contributed by atoms with Crippen molar-refractivity contribution >= 4 is 27.4 Å². The van der Waals surface area contributed by atoms with Crippen LogP contribution < -0.4 is 5.32 Å². The highest BCUT2D eigenvalue weighted by atomic mass is 79.9. The van der Waals surface area contributed by atoms with Crippen molar-refractivity contribution in [2.24, 2.45) is 0 Å². The van der Waals surface area contributed by atoms with Crippen LogP contribution in [-0.2, 0) is 0 Å². The number of H-pyrrole nitrogens is 1. The van der Waals surface area contributed by atoms with Gasteiger partial charge in [0.1, 0.15) is 5.75 Å². The summed E-state index contributed by atoms with van der Waals surface area (Å²) in [7, 11) is 0. The van der Waals surface area contributed by atoms with Crippen molar-refractivity contribution < 1.29 is 5.11 Å². The lowest BCUT2D eigenvalue weighted by atomic mass is 10.0. The fourth-order valence-corrected chi connectivity index (χ4v) is 2.98. The zero-order valence-corrected chi connectivity index (χ0v) is 15.4. The number of nitrogens with zero attached hydrogens (tertiary/aromatic N) is 1. The molecule has 4 aromatic rings. The Morgan fingerprint density at radius 1 is 0.769 bits per heavy atom. The van der Waals surface area contributed by atoms with E-state index in [2.05, 4.69) is 67.8 Å². The fourth-order valence-electron chi connectivity index (χ4n) is 2.71. The molecular weight excluding hydrogens is 390 g/mol. The second kappa shape index (κ2) is 7.06. The smallest absolute Gasteiger partial charge is 0.152 e. The Balaban J connectivity index is 1.52. The van der Waals surface area contributed by atoms with Crippen LogP contribution in [0.15, 0.2) is 83.3 Å².